The minimum atomic E-state index is 0.141. The zero-order valence-corrected chi connectivity index (χ0v) is 12.0. The van der Waals surface area contributed by atoms with E-state index in [0.29, 0.717) is 21.7 Å². The largest absolute Gasteiger partial charge is 0.437 e. The summed E-state index contributed by atoms with van der Waals surface area (Å²) in [4.78, 5) is 7.88. The molecule has 1 aromatic carbocycles. The number of aryl methyl sites for hydroxylation is 2. The van der Waals surface area contributed by atoms with E-state index in [9.17, 15) is 0 Å². The molecule has 2 N–H and O–H groups in total. The highest BCUT2D eigenvalue weighted by Crippen LogP contribution is 2.32. The topological polar surface area (TPSA) is 84.8 Å². The molecule has 0 aliphatic heterocycles. The van der Waals surface area contributed by atoms with Gasteiger partial charge in [0.25, 0.3) is 0 Å². The predicted octanol–water partition coefficient (Wildman–Crippen LogP) is 3.10. The highest BCUT2D eigenvalue weighted by molar-refractivity contribution is 9.10. The van der Waals surface area contributed by atoms with E-state index >= 15 is 0 Å². The number of benzene rings is 1. The third-order valence-corrected chi connectivity index (χ3v) is 3.06. The van der Waals surface area contributed by atoms with Gasteiger partial charge >= 0.3 is 0 Å². The van der Waals surface area contributed by atoms with Crippen molar-refractivity contribution in [2.45, 2.75) is 13.8 Å². The number of nitrogens with zero attached hydrogens (tertiary/aromatic N) is 3. The van der Waals surface area contributed by atoms with Gasteiger partial charge < -0.3 is 10.5 Å². The van der Waals surface area contributed by atoms with E-state index in [1.807, 2.05) is 13.8 Å². The molecule has 0 saturated heterocycles. The van der Waals surface area contributed by atoms with E-state index < -0.39 is 0 Å². The number of anilines is 1. The van der Waals surface area contributed by atoms with Crippen LogP contribution in [-0.4, -0.2) is 9.97 Å². The molecule has 0 saturated carbocycles. The summed E-state index contributed by atoms with van der Waals surface area (Å²) in [5.41, 5.74) is 7.86. The Balaban J connectivity index is 2.44. The summed E-state index contributed by atoms with van der Waals surface area (Å²) in [5.74, 6) is 1.16. The van der Waals surface area contributed by atoms with Gasteiger partial charge in [-0.3, -0.25) is 0 Å². The first kappa shape index (κ1) is 13.3. The van der Waals surface area contributed by atoms with Crippen LogP contribution in [0.2, 0.25) is 0 Å². The normalized spacial score (nSPS) is 10.0. The van der Waals surface area contributed by atoms with Gasteiger partial charge in [0.1, 0.15) is 5.75 Å². The maximum atomic E-state index is 8.91. The van der Waals surface area contributed by atoms with Crippen LogP contribution in [0.1, 0.15) is 16.7 Å². The van der Waals surface area contributed by atoms with Gasteiger partial charge in [0.2, 0.25) is 11.8 Å². The zero-order valence-electron chi connectivity index (χ0n) is 10.4. The Morgan fingerprint density at radius 1 is 1.32 bits per heavy atom. The quantitative estimate of drug-likeness (QED) is 0.919. The van der Waals surface area contributed by atoms with E-state index in [1.165, 1.54) is 6.20 Å². The monoisotopic (exact) mass is 318 g/mol. The van der Waals surface area contributed by atoms with Gasteiger partial charge in [-0.1, -0.05) is 0 Å². The SMILES string of the molecule is Cc1cc(C#N)cc(C)c1Oc1nc(N)ncc1Br. The molecule has 19 heavy (non-hydrogen) atoms. The van der Waals surface area contributed by atoms with Crippen molar-refractivity contribution in [1.29, 1.82) is 5.26 Å². The fraction of sp³-hybridized carbons (Fsp3) is 0.154. The van der Waals surface area contributed by atoms with Crippen LogP contribution in [0.25, 0.3) is 0 Å². The Labute approximate surface area is 119 Å². The first-order valence-corrected chi connectivity index (χ1v) is 6.27. The fourth-order valence-electron chi connectivity index (χ4n) is 1.71. The molecule has 0 spiro atoms. The zero-order chi connectivity index (χ0) is 14.0. The number of ether oxygens (including phenoxy) is 1. The molecule has 2 rings (SSSR count). The van der Waals surface area contributed by atoms with Crippen LogP contribution in [0.3, 0.4) is 0 Å². The van der Waals surface area contributed by atoms with Crippen molar-refractivity contribution in [1.82, 2.24) is 9.97 Å². The van der Waals surface area contributed by atoms with Crippen LogP contribution < -0.4 is 10.5 Å². The minimum Gasteiger partial charge on any atom is -0.437 e. The van der Waals surface area contributed by atoms with Crippen LogP contribution in [0.15, 0.2) is 22.8 Å². The van der Waals surface area contributed by atoms with E-state index in [1.54, 1.807) is 12.1 Å². The molecule has 96 valence electrons. The Morgan fingerprint density at radius 2 is 1.95 bits per heavy atom. The Morgan fingerprint density at radius 3 is 2.53 bits per heavy atom. The molecule has 1 aromatic heterocycles. The molecule has 0 atom stereocenters. The van der Waals surface area contributed by atoms with Crippen LogP contribution in [0.4, 0.5) is 5.95 Å². The summed E-state index contributed by atoms with van der Waals surface area (Å²) in [7, 11) is 0. The lowest BCUT2D eigenvalue weighted by Crippen LogP contribution is -1.99. The van der Waals surface area contributed by atoms with E-state index in [-0.39, 0.29) is 5.95 Å². The van der Waals surface area contributed by atoms with Crippen LogP contribution in [0.5, 0.6) is 11.6 Å². The van der Waals surface area contributed by atoms with Gasteiger partial charge in [-0.05, 0) is 53.0 Å². The average Bonchev–Trinajstić information content (AvgIpc) is 2.37. The highest BCUT2D eigenvalue weighted by Gasteiger charge is 2.11. The molecule has 2 aromatic rings. The number of aromatic nitrogens is 2. The molecule has 0 aliphatic carbocycles. The second kappa shape index (κ2) is 5.24. The van der Waals surface area contributed by atoms with Crippen molar-refractivity contribution in [3.63, 3.8) is 0 Å². The molecule has 0 amide bonds. The summed E-state index contributed by atoms with van der Waals surface area (Å²) in [6.45, 7) is 3.75. The van der Waals surface area contributed by atoms with Crippen molar-refractivity contribution in [3.8, 4) is 17.7 Å². The van der Waals surface area contributed by atoms with E-state index in [0.717, 1.165) is 11.1 Å². The molecule has 6 heteroatoms. The Hall–Kier alpha value is -2.13. The van der Waals surface area contributed by atoms with Crippen LogP contribution >= 0.6 is 15.9 Å². The fourth-order valence-corrected chi connectivity index (χ4v) is 1.98. The van der Waals surface area contributed by atoms with E-state index in [2.05, 4.69) is 32.0 Å². The number of hydrogen-bond donors (Lipinski definition) is 1. The summed E-state index contributed by atoms with van der Waals surface area (Å²) in [5, 5.41) is 8.91. The third kappa shape index (κ3) is 2.83. The first-order chi connectivity index (χ1) is 9.01. The molecule has 0 aliphatic rings. The second-order valence-corrected chi connectivity index (χ2v) is 4.89. The molecule has 0 fully saturated rings. The van der Waals surface area contributed by atoms with Crippen molar-refractivity contribution in [3.05, 3.63) is 39.5 Å². The number of nitrogen functional groups attached to an aromatic ring is 1. The average molecular weight is 319 g/mol. The van der Waals surface area contributed by atoms with E-state index in [4.69, 9.17) is 15.7 Å². The maximum Gasteiger partial charge on any atom is 0.238 e. The smallest absolute Gasteiger partial charge is 0.238 e. The lowest BCUT2D eigenvalue weighted by atomic mass is 10.1. The minimum absolute atomic E-state index is 0.141. The molecule has 1 heterocycles. The van der Waals surface area contributed by atoms with Gasteiger partial charge in [-0.2, -0.15) is 10.2 Å². The number of rotatable bonds is 2. The number of hydrogen-bond acceptors (Lipinski definition) is 5. The maximum absolute atomic E-state index is 8.91. The standard InChI is InChI=1S/C13H11BrN4O/c1-7-3-9(5-15)4-8(2)11(7)19-12-10(14)6-17-13(16)18-12/h3-4,6H,1-2H3,(H2,16,17,18). The first-order valence-electron chi connectivity index (χ1n) is 5.48. The Kier molecular flexibility index (Phi) is 3.67. The van der Waals surface area contributed by atoms with Crippen molar-refractivity contribution < 1.29 is 4.74 Å². The predicted molar refractivity (Wildman–Crippen MR) is 74.8 cm³/mol. The molecular weight excluding hydrogens is 308 g/mol. The van der Waals surface area contributed by atoms with Crippen molar-refractivity contribution in [2.24, 2.45) is 0 Å². The van der Waals surface area contributed by atoms with Gasteiger partial charge in [-0.15, -0.1) is 0 Å². The van der Waals surface area contributed by atoms with Crippen molar-refractivity contribution >= 4 is 21.9 Å². The van der Waals surface area contributed by atoms with Crippen molar-refractivity contribution in [2.75, 3.05) is 5.73 Å². The number of halogens is 1. The van der Waals surface area contributed by atoms with Crippen LogP contribution in [-0.2, 0) is 0 Å². The highest BCUT2D eigenvalue weighted by atomic mass is 79.9. The molecule has 0 radical (unpaired) electrons. The summed E-state index contributed by atoms with van der Waals surface area (Å²) < 4.78 is 6.38. The lowest BCUT2D eigenvalue weighted by molar-refractivity contribution is 0.452. The number of nitrogens with two attached hydrogens (primary N) is 1. The molecule has 5 nitrogen and oxygen atoms in total. The summed E-state index contributed by atoms with van der Waals surface area (Å²) in [6.07, 6.45) is 1.53. The van der Waals surface area contributed by atoms with Gasteiger partial charge in [-0.25, -0.2) is 4.98 Å². The third-order valence-electron chi connectivity index (χ3n) is 2.52. The second-order valence-electron chi connectivity index (χ2n) is 4.03. The molecule has 0 unspecified atom stereocenters. The molecule has 0 bridgehead atoms. The lowest BCUT2D eigenvalue weighted by Gasteiger charge is -2.12. The summed E-state index contributed by atoms with van der Waals surface area (Å²) in [6, 6.07) is 5.64. The number of nitriles is 1. The van der Waals surface area contributed by atoms with Gasteiger partial charge in [0.15, 0.2) is 0 Å². The molecular formula is C13H11BrN4O. The van der Waals surface area contributed by atoms with Gasteiger partial charge in [0.05, 0.1) is 22.3 Å². The summed E-state index contributed by atoms with van der Waals surface area (Å²) >= 11 is 3.31. The van der Waals surface area contributed by atoms with Gasteiger partial charge in [0, 0.05) is 0 Å². The Bertz CT molecular complexity index is 656. The van der Waals surface area contributed by atoms with Crippen LogP contribution in [0, 0.1) is 25.2 Å².